The molecule has 0 saturated heterocycles. The van der Waals surface area contributed by atoms with Crippen LogP contribution < -0.4 is 10.5 Å². The Bertz CT molecular complexity index is 377. The zero-order valence-corrected chi connectivity index (χ0v) is 10.4. The summed E-state index contributed by atoms with van der Waals surface area (Å²) in [5, 5.41) is 18.2. The number of hydrogen-bond acceptors (Lipinski definition) is 4. The van der Waals surface area contributed by atoms with Gasteiger partial charge in [0.1, 0.15) is 11.8 Å². The Morgan fingerprint density at radius 1 is 1.39 bits per heavy atom. The Morgan fingerprint density at radius 2 is 2.00 bits per heavy atom. The standard InChI is InChI=1S/C13H19NO4/c1-18-10-7-5-9(6-8-10)3-2-4-11(15)12(14)13(16)17/h5-8,11-12,15H,2-4,14H2,1H3,(H,16,17). The fraction of sp³-hybridized carbons (Fsp3) is 0.462. The predicted octanol–water partition coefficient (Wildman–Crippen LogP) is 0.791. The molecule has 0 aliphatic carbocycles. The van der Waals surface area contributed by atoms with Crippen LogP contribution in [-0.2, 0) is 11.2 Å². The van der Waals surface area contributed by atoms with E-state index in [4.69, 9.17) is 15.6 Å². The predicted molar refractivity (Wildman–Crippen MR) is 67.6 cm³/mol. The third-order valence-corrected chi connectivity index (χ3v) is 2.82. The van der Waals surface area contributed by atoms with Crippen molar-refractivity contribution in [3.05, 3.63) is 29.8 Å². The lowest BCUT2D eigenvalue weighted by Crippen LogP contribution is -2.41. The number of benzene rings is 1. The number of carbonyl (C=O) groups is 1. The molecule has 0 aromatic heterocycles. The third-order valence-electron chi connectivity index (χ3n) is 2.82. The van der Waals surface area contributed by atoms with Gasteiger partial charge in [0, 0.05) is 0 Å². The average Bonchev–Trinajstić information content (AvgIpc) is 2.38. The van der Waals surface area contributed by atoms with E-state index in [1.165, 1.54) is 0 Å². The van der Waals surface area contributed by atoms with E-state index in [1.807, 2.05) is 24.3 Å². The van der Waals surface area contributed by atoms with Crippen molar-refractivity contribution < 1.29 is 19.7 Å². The second kappa shape index (κ2) is 6.98. The molecule has 0 radical (unpaired) electrons. The Hall–Kier alpha value is -1.59. The van der Waals surface area contributed by atoms with Crippen LogP contribution in [0.4, 0.5) is 0 Å². The summed E-state index contributed by atoms with van der Waals surface area (Å²) in [6.45, 7) is 0. The number of aliphatic carboxylic acids is 1. The van der Waals surface area contributed by atoms with E-state index in [0.717, 1.165) is 17.7 Å². The van der Waals surface area contributed by atoms with Gasteiger partial charge in [-0.25, -0.2) is 0 Å². The van der Waals surface area contributed by atoms with Crippen molar-refractivity contribution in [1.29, 1.82) is 0 Å². The number of aliphatic hydroxyl groups is 1. The Kier molecular flexibility index (Phi) is 5.61. The second-order valence-electron chi connectivity index (χ2n) is 4.17. The van der Waals surface area contributed by atoms with Crippen LogP contribution in [-0.4, -0.2) is 35.4 Å². The molecule has 18 heavy (non-hydrogen) atoms. The SMILES string of the molecule is COc1ccc(CCCC(O)C(N)C(=O)O)cc1. The fourth-order valence-electron chi connectivity index (χ4n) is 1.65. The maximum atomic E-state index is 10.5. The highest BCUT2D eigenvalue weighted by Gasteiger charge is 2.21. The van der Waals surface area contributed by atoms with E-state index < -0.39 is 18.1 Å². The summed E-state index contributed by atoms with van der Waals surface area (Å²) >= 11 is 0. The first kappa shape index (κ1) is 14.5. The van der Waals surface area contributed by atoms with Gasteiger partial charge in [-0.3, -0.25) is 4.79 Å². The highest BCUT2D eigenvalue weighted by atomic mass is 16.5. The van der Waals surface area contributed by atoms with E-state index in [-0.39, 0.29) is 0 Å². The normalized spacial score (nSPS) is 13.9. The quantitative estimate of drug-likeness (QED) is 0.668. The minimum atomic E-state index is -1.21. The summed E-state index contributed by atoms with van der Waals surface area (Å²) in [7, 11) is 1.61. The van der Waals surface area contributed by atoms with E-state index >= 15 is 0 Å². The summed E-state index contributed by atoms with van der Waals surface area (Å²) in [4.78, 5) is 10.5. The van der Waals surface area contributed by atoms with Crippen LogP contribution in [0.5, 0.6) is 5.75 Å². The van der Waals surface area contributed by atoms with Crippen molar-refractivity contribution in [2.75, 3.05) is 7.11 Å². The molecule has 2 unspecified atom stereocenters. The molecule has 5 nitrogen and oxygen atoms in total. The highest BCUT2D eigenvalue weighted by molar-refractivity contribution is 5.73. The van der Waals surface area contributed by atoms with Crippen molar-refractivity contribution in [2.45, 2.75) is 31.4 Å². The van der Waals surface area contributed by atoms with Gasteiger partial charge in [-0.15, -0.1) is 0 Å². The lowest BCUT2D eigenvalue weighted by molar-refractivity contribution is -0.141. The van der Waals surface area contributed by atoms with Gasteiger partial charge in [0.05, 0.1) is 13.2 Å². The Balaban J connectivity index is 2.34. The molecule has 0 saturated carbocycles. The van der Waals surface area contributed by atoms with Crippen molar-refractivity contribution >= 4 is 5.97 Å². The van der Waals surface area contributed by atoms with Crippen molar-refractivity contribution in [2.24, 2.45) is 5.73 Å². The number of aryl methyl sites for hydroxylation is 1. The Labute approximate surface area is 106 Å². The molecule has 1 aromatic carbocycles. The maximum absolute atomic E-state index is 10.5. The molecular weight excluding hydrogens is 234 g/mol. The minimum Gasteiger partial charge on any atom is -0.497 e. The molecule has 5 heteroatoms. The van der Waals surface area contributed by atoms with Gasteiger partial charge in [0.2, 0.25) is 0 Å². The van der Waals surface area contributed by atoms with Gasteiger partial charge in [-0.1, -0.05) is 12.1 Å². The summed E-state index contributed by atoms with van der Waals surface area (Å²) in [5.41, 5.74) is 6.43. The van der Waals surface area contributed by atoms with Gasteiger partial charge in [-0.05, 0) is 37.0 Å². The van der Waals surface area contributed by atoms with Gasteiger partial charge in [0.15, 0.2) is 0 Å². The van der Waals surface area contributed by atoms with Crippen LogP contribution >= 0.6 is 0 Å². The molecular formula is C13H19NO4. The third kappa shape index (κ3) is 4.35. The van der Waals surface area contributed by atoms with Gasteiger partial charge in [0.25, 0.3) is 0 Å². The zero-order chi connectivity index (χ0) is 13.5. The molecule has 0 bridgehead atoms. The molecule has 1 aromatic rings. The molecule has 0 fully saturated rings. The second-order valence-corrected chi connectivity index (χ2v) is 4.17. The first-order valence-corrected chi connectivity index (χ1v) is 5.84. The molecule has 0 aliphatic rings. The number of ether oxygens (including phenoxy) is 1. The first-order valence-electron chi connectivity index (χ1n) is 5.84. The van der Waals surface area contributed by atoms with Crippen LogP contribution in [0.15, 0.2) is 24.3 Å². The summed E-state index contributed by atoms with van der Waals surface area (Å²) in [6, 6.07) is 6.43. The monoisotopic (exact) mass is 253 g/mol. The van der Waals surface area contributed by atoms with Crippen LogP contribution in [0.1, 0.15) is 18.4 Å². The maximum Gasteiger partial charge on any atom is 0.323 e. The topological polar surface area (TPSA) is 92.8 Å². The number of rotatable bonds is 7. The minimum absolute atomic E-state index is 0.374. The summed E-state index contributed by atoms with van der Waals surface area (Å²) in [6.07, 6.45) is 0.835. The van der Waals surface area contributed by atoms with E-state index in [0.29, 0.717) is 12.8 Å². The largest absolute Gasteiger partial charge is 0.497 e. The molecule has 0 heterocycles. The number of aliphatic hydroxyl groups excluding tert-OH is 1. The first-order chi connectivity index (χ1) is 8.54. The summed E-state index contributed by atoms with van der Waals surface area (Å²) in [5.74, 6) is -0.376. The van der Waals surface area contributed by atoms with Crippen LogP contribution in [0, 0.1) is 0 Å². The molecule has 1 rings (SSSR count). The number of carboxylic acids is 1. The number of carboxylic acid groups (broad SMARTS) is 1. The molecule has 100 valence electrons. The van der Waals surface area contributed by atoms with Crippen LogP contribution in [0.2, 0.25) is 0 Å². The number of nitrogens with two attached hydrogens (primary N) is 1. The smallest absolute Gasteiger partial charge is 0.323 e. The Morgan fingerprint density at radius 3 is 2.50 bits per heavy atom. The molecule has 0 spiro atoms. The van der Waals surface area contributed by atoms with Gasteiger partial charge < -0.3 is 20.7 Å². The fourth-order valence-corrected chi connectivity index (χ4v) is 1.65. The highest BCUT2D eigenvalue weighted by Crippen LogP contribution is 2.14. The van der Waals surface area contributed by atoms with Gasteiger partial charge >= 0.3 is 5.97 Å². The lowest BCUT2D eigenvalue weighted by Gasteiger charge is -2.14. The molecule has 2 atom stereocenters. The number of hydrogen-bond donors (Lipinski definition) is 3. The van der Waals surface area contributed by atoms with Crippen LogP contribution in [0.3, 0.4) is 0 Å². The summed E-state index contributed by atoms with van der Waals surface area (Å²) < 4.78 is 5.05. The van der Waals surface area contributed by atoms with Gasteiger partial charge in [-0.2, -0.15) is 0 Å². The number of methoxy groups -OCH3 is 1. The van der Waals surface area contributed by atoms with E-state index in [9.17, 15) is 9.90 Å². The molecule has 4 N–H and O–H groups in total. The van der Waals surface area contributed by atoms with Crippen LogP contribution in [0.25, 0.3) is 0 Å². The lowest BCUT2D eigenvalue weighted by atomic mass is 10.0. The van der Waals surface area contributed by atoms with Crippen molar-refractivity contribution in [3.8, 4) is 5.75 Å². The average molecular weight is 253 g/mol. The molecule has 0 aliphatic heterocycles. The molecule has 0 amide bonds. The van der Waals surface area contributed by atoms with Crippen molar-refractivity contribution in [3.63, 3.8) is 0 Å². The van der Waals surface area contributed by atoms with E-state index in [2.05, 4.69) is 0 Å². The van der Waals surface area contributed by atoms with E-state index in [1.54, 1.807) is 7.11 Å². The van der Waals surface area contributed by atoms with Crippen molar-refractivity contribution in [1.82, 2.24) is 0 Å². The zero-order valence-electron chi connectivity index (χ0n) is 10.4.